The Hall–Kier alpha value is -4.32. The monoisotopic (exact) mass is 463 g/mol. The summed E-state index contributed by atoms with van der Waals surface area (Å²) in [7, 11) is 3.25. The van der Waals surface area contributed by atoms with Crippen LogP contribution in [0.15, 0.2) is 82.4 Å². The third-order valence-corrected chi connectivity index (χ3v) is 6.91. The van der Waals surface area contributed by atoms with Crippen LogP contribution in [0.2, 0.25) is 0 Å². The maximum absolute atomic E-state index is 13.7. The lowest BCUT2D eigenvalue weighted by molar-refractivity contribution is 0.229. The van der Waals surface area contributed by atoms with Crippen molar-refractivity contribution in [3.63, 3.8) is 0 Å². The fourth-order valence-electron chi connectivity index (χ4n) is 5.06. The normalized spacial score (nSPS) is 14.5. The molecule has 3 heterocycles. The van der Waals surface area contributed by atoms with Crippen LogP contribution < -0.4 is 16.0 Å². The predicted molar refractivity (Wildman–Crippen MR) is 138 cm³/mol. The molecular weight excluding hydrogens is 438 g/mol. The first-order valence-electron chi connectivity index (χ1n) is 11.6. The van der Waals surface area contributed by atoms with E-state index in [-0.39, 0.29) is 11.2 Å². The van der Waals surface area contributed by atoms with E-state index in [0.717, 1.165) is 45.1 Å². The molecule has 0 spiro atoms. The Labute approximate surface area is 202 Å². The third-order valence-electron chi connectivity index (χ3n) is 6.91. The van der Waals surface area contributed by atoms with E-state index in [4.69, 9.17) is 4.74 Å². The van der Waals surface area contributed by atoms with E-state index >= 15 is 0 Å². The molecule has 174 valence electrons. The number of para-hydroxylation sites is 2. The highest BCUT2D eigenvalue weighted by atomic mass is 16.5. The van der Waals surface area contributed by atoms with E-state index in [9.17, 15) is 9.59 Å². The lowest BCUT2D eigenvalue weighted by Gasteiger charge is -2.30. The summed E-state index contributed by atoms with van der Waals surface area (Å²) in [6.45, 7) is 4.08. The van der Waals surface area contributed by atoms with Gasteiger partial charge in [0.2, 0.25) is 0 Å². The maximum Gasteiger partial charge on any atom is 0.331 e. The van der Waals surface area contributed by atoms with Crippen molar-refractivity contribution in [1.82, 2.24) is 13.7 Å². The van der Waals surface area contributed by atoms with Crippen LogP contribution in [0.3, 0.4) is 0 Å². The zero-order valence-corrected chi connectivity index (χ0v) is 20.1. The largest absolute Gasteiger partial charge is 0.477 e. The van der Waals surface area contributed by atoms with Gasteiger partial charge in [0, 0.05) is 14.1 Å². The summed E-state index contributed by atoms with van der Waals surface area (Å²) in [6.07, 6.45) is -0.495. The number of fused-ring (bicyclic) bond motifs is 5. The zero-order valence-electron chi connectivity index (χ0n) is 20.1. The van der Waals surface area contributed by atoms with Gasteiger partial charge in [0.25, 0.3) is 5.56 Å². The second kappa shape index (κ2) is 7.60. The topological polar surface area (TPSA) is 58.2 Å². The highest BCUT2D eigenvalue weighted by Crippen LogP contribution is 2.46. The third kappa shape index (κ3) is 3.03. The summed E-state index contributed by atoms with van der Waals surface area (Å²) in [6, 6.07) is 24.2. The molecule has 3 aromatic carbocycles. The molecule has 0 radical (unpaired) electrons. The van der Waals surface area contributed by atoms with E-state index in [1.54, 1.807) is 11.6 Å². The van der Waals surface area contributed by atoms with Crippen molar-refractivity contribution in [2.24, 2.45) is 14.1 Å². The van der Waals surface area contributed by atoms with Gasteiger partial charge >= 0.3 is 5.69 Å². The fraction of sp³-hybridized carbons (Fsp3) is 0.172. The molecule has 0 saturated carbocycles. The molecule has 0 N–H and O–H groups in total. The smallest absolute Gasteiger partial charge is 0.331 e. The van der Waals surface area contributed by atoms with Gasteiger partial charge in [-0.25, -0.2) is 4.79 Å². The molecule has 0 unspecified atom stereocenters. The molecule has 1 aliphatic heterocycles. The predicted octanol–water partition coefficient (Wildman–Crippen LogP) is 4.79. The Balaban J connectivity index is 1.85. The first-order valence-corrected chi connectivity index (χ1v) is 11.6. The fourth-order valence-corrected chi connectivity index (χ4v) is 5.06. The first-order chi connectivity index (χ1) is 16.9. The Bertz CT molecular complexity index is 1740. The number of hydrogen-bond donors (Lipinski definition) is 0. The van der Waals surface area contributed by atoms with E-state index in [0.29, 0.717) is 10.9 Å². The van der Waals surface area contributed by atoms with Crippen LogP contribution in [-0.2, 0) is 14.1 Å². The Morgan fingerprint density at radius 3 is 2.09 bits per heavy atom. The molecular formula is C29H25N3O3. The van der Waals surface area contributed by atoms with E-state index in [1.807, 2.05) is 86.6 Å². The Morgan fingerprint density at radius 1 is 0.771 bits per heavy atom. The van der Waals surface area contributed by atoms with Gasteiger partial charge in [0.05, 0.1) is 28.0 Å². The maximum atomic E-state index is 13.7. The average molecular weight is 464 g/mol. The molecule has 6 nitrogen and oxygen atoms in total. The van der Waals surface area contributed by atoms with Crippen LogP contribution in [0.4, 0.5) is 0 Å². The second-order valence-corrected chi connectivity index (χ2v) is 9.24. The van der Waals surface area contributed by atoms with Gasteiger partial charge in [-0.05, 0) is 37.1 Å². The molecule has 0 fully saturated rings. The SMILES string of the molecule is Cc1ccc(-c2c3c(=O)n(C)c(=O)n(C)c3c3n2-c2ccccc2O[C@@H]3c2ccc(C)cc2)cc1. The number of nitrogens with zero attached hydrogens (tertiary/aromatic N) is 3. The lowest BCUT2D eigenvalue weighted by atomic mass is 10.0. The van der Waals surface area contributed by atoms with Gasteiger partial charge < -0.3 is 9.30 Å². The highest BCUT2D eigenvalue weighted by molar-refractivity contribution is 5.98. The van der Waals surface area contributed by atoms with Crippen LogP contribution in [0, 0.1) is 13.8 Å². The molecule has 6 heteroatoms. The quantitative estimate of drug-likeness (QED) is 0.378. The minimum absolute atomic E-state index is 0.319. The van der Waals surface area contributed by atoms with Crippen molar-refractivity contribution in [3.05, 3.63) is 116 Å². The van der Waals surface area contributed by atoms with Gasteiger partial charge in [0.15, 0.2) is 6.10 Å². The molecule has 0 bridgehead atoms. The number of benzene rings is 3. The minimum atomic E-state index is -0.495. The van der Waals surface area contributed by atoms with Crippen molar-refractivity contribution >= 4 is 10.9 Å². The molecule has 1 atom stereocenters. The average Bonchev–Trinajstić information content (AvgIpc) is 3.23. The van der Waals surface area contributed by atoms with Crippen LogP contribution in [0.25, 0.3) is 27.8 Å². The summed E-state index contributed by atoms with van der Waals surface area (Å²) in [5.74, 6) is 0.723. The molecule has 1 aliphatic rings. The highest BCUT2D eigenvalue weighted by Gasteiger charge is 2.36. The van der Waals surface area contributed by atoms with E-state index < -0.39 is 6.10 Å². The van der Waals surface area contributed by atoms with E-state index in [2.05, 4.69) is 4.57 Å². The van der Waals surface area contributed by atoms with Crippen LogP contribution in [-0.4, -0.2) is 13.7 Å². The first kappa shape index (κ1) is 21.2. The van der Waals surface area contributed by atoms with Gasteiger partial charge in [-0.15, -0.1) is 0 Å². The molecule has 0 saturated heterocycles. The molecule has 0 aliphatic carbocycles. The van der Waals surface area contributed by atoms with Crippen molar-refractivity contribution in [2.75, 3.05) is 0 Å². The van der Waals surface area contributed by atoms with Crippen LogP contribution >= 0.6 is 0 Å². The van der Waals surface area contributed by atoms with Crippen molar-refractivity contribution in [2.45, 2.75) is 20.0 Å². The zero-order chi connectivity index (χ0) is 24.4. The van der Waals surface area contributed by atoms with Gasteiger partial charge in [-0.2, -0.15) is 0 Å². The number of aryl methyl sites for hydroxylation is 3. The van der Waals surface area contributed by atoms with Crippen molar-refractivity contribution < 1.29 is 4.74 Å². The summed E-state index contributed by atoms with van der Waals surface area (Å²) in [5.41, 5.74) is 6.41. The number of hydrogen-bond acceptors (Lipinski definition) is 3. The van der Waals surface area contributed by atoms with Gasteiger partial charge in [-0.1, -0.05) is 71.8 Å². The van der Waals surface area contributed by atoms with Crippen LogP contribution in [0.1, 0.15) is 28.5 Å². The minimum Gasteiger partial charge on any atom is -0.477 e. The molecule has 6 rings (SSSR count). The van der Waals surface area contributed by atoms with Gasteiger partial charge in [0.1, 0.15) is 5.75 Å². The summed E-state index contributed by atoms with van der Waals surface area (Å²) < 4.78 is 11.4. The van der Waals surface area contributed by atoms with Crippen molar-refractivity contribution in [3.8, 4) is 22.7 Å². The number of aromatic nitrogens is 3. The summed E-state index contributed by atoms with van der Waals surface area (Å²) in [4.78, 5) is 26.8. The van der Waals surface area contributed by atoms with Gasteiger partial charge in [-0.3, -0.25) is 13.9 Å². The molecule has 5 aromatic rings. The standard InChI is InChI=1S/C29H25N3O3/c1-17-9-13-19(14-10-17)24-23-25(30(3)29(34)31(4)28(23)33)26-27(20-15-11-18(2)12-16-20)35-22-8-6-5-7-21(22)32(24)26/h5-16,27H,1-4H3/t27-/m1/s1. The Kier molecular flexibility index (Phi) is 4.61. The summed E-state index contributed by atoms with van der Waals surface area (Å²) in [5, 5.41) is 0.505. The van der Waals surface area contributed by atoms with E-state index in [1.165, 1.54) is 11.6 Å². The van der Waals surface area contributed by atoms with Crippen LogP contribution in [0.5, 0.6) is 5.75 Å². The number of ether oxygens (including phenoxy) is 1. The summed E-state index contributed by atoms with van der Waals surface area (Å²) >= 11 is 0. The number of rotatable bonds is 2. The van der Waals surface area contributed by atoms with Crippen molar-refractivity contribution in [1.29, 1.82) is 0 Å². The molecule has 2 aromatic heterocycles. The lowest BCUT2D eigenvalue weighted by Crippen LogP contribution is -2.37. The second-order valence-electron chi connectivity index (χ2n) is 9.24. The molecule has 0 amide bonds. The molecule has 35 heavy (non-hydrogen) atoms. The Morgan fingerprint density at radius 2 is 1.40 bits per heavy atom.